The summed E-state index contributed by atoms with van der Waals surface area (Å²) in [6, 6.07) is 7.93. The molecule has 3 aromatic rings. The van der Waals surface area contributed by atoms with Crippen LogP contribution in [-0.4, -0.2) is 29.1 Å². The molecule has 0 atom stereocenters. The minimum Gasteiger partial charge on any atom is -0.352 e. The fourth-order valence-corrected chi connectivity index (χ4v) is 4.62. The molecule has 0 saturated heterocycles. The van der Waals surface area contributed by atoms with Crippen molar-refractivity contribution in [2.45, 2.75) is 26.2 Å². The molecule has 0 bridgehead atoms. The number of benzene rings is 1. The van der Waals surface area contributed by atoms with E-state index >= 15 is 0 Å². The number of amides is 2. The van der Waals surface area contributed by atoms with Crippen LogP contribution in [0.3, 0.4) is 0 Å². The number of aryl methyl sites for hydroxylation is 3. The van der Waals surface area contributed by atoms with Gasteiger partial charge >= 0.3 is 6.03 Å². The second-order valence-corrected chi connectivity index (χ2v) is 7.60. The number of primary amides is 1. The molecule has 134 valence electrons. The van der Waals surface area contributed by atoms with Gasteiger partial charge in [0, 0.05) is 28.9 Å². The van der Waals surface area contributed by atoms with Crippen LogP contribution in [0.5, 0.6) is 0 Å². The third-order valence-corrected chi connectivity index (χ3v) is 5.78. The number of rotatable bonds is 5. The van der Waals surface area contributed by atoms with Gasteiger partial charge in [-0.25, -0.2) is 14.8 Å². The quantitative estimate of drug-likeness (QED) is 0.604. The van der Waals surface area contributed by atoms with E-state index in [1.165, 1.54) is 27.8 Å². The molecule has 0 fully saturated rings. The number of fused-ring (bicyclic) bond motifs is 3. The van der Waals surface area contributed by atoms with Crippen LogP contribution in [0.15, 0.2) is 24.3 Å². The third-order valence-electron chi connectivity index (χ3n) is 4.60. The predicted molar refractivity (Wildman–Crippen MR) is 106 cm³/mol. The molecule has 0 aliphatic heterocycles. The first-order valence-electron chi connectivity index (χ1n) is 8.78. The Morgan fingerprint density at radius 2 is 2.00 bits per heavy atom. The molecule has 0 unspecified atom stereocenters. The lowest BCUT2D eigenvalue weighted by molar-refractivity contribution is 0.249. The van der Waals surface area contributed by atoms with Crippen molar-refractivity contribution < 1.29 is 4.79 Å². The summed E-state index contributed by atoms with van der Waals surface area (Å²) in [6.07, 6.45) is 3.45. The number of anilines is 1. The fraction of sp³-hybridized carbons (Fsp3) is 0.316. The Bertz CT molecular complexity index is 964. The van der Waals surface area contributed by atoms with Gasteiger partial charge in [-0.05, 0) is 31.7 Å². The topological polar surface area (TPSA) is 92.9 Å². The summed E-state index contributed by atoms with van der Waals surface area (Å²) < 4.78 is 0. The van der Waals surface area contributed by atoms with Gasteiger partial charge in [0.25, 0.3) is 0 Å². The van der Waals surface area contributed by atoms with Crippen molar-refractivity contribution >= 4 is 33.5 Å². The van der Waals surface area contributed by atoms with E-state index in [1.54, 1.807) is 11.3 Å². The first kappa shape index (κ1) is 16.8. The molecule has 2 aromatic heterocycles. The lowest BCUT2D eigenvalue weighted by atomic mass is 10.0. The molecule has 0 radical (unpaired) electrons. The number of urea groups is 1. The van der Waals surface area contributed by atoms with Crippen molar-refractivity contribution in [2.75, 3.05) is 18.4 Å². The number of hydrogen-bond donors (Lipinski definition) is 3. The molecule has 1 aliphatic carbocycles. The van der Waals surface area contributed by atoms with Crippen molar-refractivity contribution in [2.24, 2.45) is 5.73 Å². The SMILES string of the molecule is Cc1ccc(-c2nc(NCCNC(N)=O)nc3sc4c(c23)CCC4)cc1. The zero-order valence-electron chi connectivity index (χ0n) is 14.6. The molecule has 1 aliphatic rings. The van der Waals surface area contributed by atoms with E-state index in [9.17, 15) is 4.79 Å². The highest BCUT2D eigenvalue weighted by molar-refractivity contribution is 7.19. The standard InChI is InChI=1S/C19H21N5OS/c1-11-5-7-12(8-6-11)16-15-13-3-2-4-14(13)26-17(15)24-19(23-16)22-10-9-21-18(20)25/h5-8H,2-4,9-10H2,1H3,(H3,20,21,25)(H,22,23,24). The summed E-state index contributed by atoms with van der Waals surface area (Å²) >= 11 is 1.78. The molecular formula is C19H21N5OS. The van der Waals surface area contributed by atoms with Gasteiger partial charge in [-0.3, -0.25) is 0 Å². The van der Waals surface area contributed by atoms with Crippen molar-refractivity contribution in [1.29, 1.82) is 0 Å². The second-order valence-electron chi connectivity index (χ2n) is 6.52. The molecule has 0 spiro atoms. The molecule has 7 heteroatoms. The second kappa shape index (κ2) is 6.92. The largest absolute Gasteiger partial charge is 0.352 e. The Kier molecular flexibility index (Phi) is 4.46. The van der Waals surface area contributed by atoms with E-state index in [0.29, 0.717) is 19.0 Å². The highest BCUT2D eigenvalue weighted by atomic mass is 32.1. The molecule has 4 rings (SSSR count). The monoisotopic (exact) mass is 367 g/mol. The van der Waals surface area contributed by atoms with Crippen molar-refractivity contribution in [3.05, 3.63) is 40.3 Å². The van der Waals surface area contributed by atoms with Crippen LogP contribution in [0, 0.1) is 6.92 Å². The van der Waals surface area contributed by atoms with Crippen LogP contribution in [-0.2, 0) is 12.8 Å². The van der Waals surface area contributed by atoms with Gasteiger partial charge in [0.15, 0.2) is 0 Å². The Morgan fingerprint density at radius 1 is 1.19 bits per heavy atom. The fourth-order valence-electron chi connectivity index (χ4n) is 3.36. The summed E-state index contributed by atoms with van der Waals surface area (Å²) in [5.41, 5.74) is 9.83. The Labute approximate surface area is 155 Å². The molecular weight excluding hydrogens is 346 g/mol. The molecule has 0 saturated carbocycles. The van der Waals surface area contributed by atoms with Gasteiger partial charge in [-0.1, -0.05) is 29.8 Å². The molecule has 4 N–H and O–H groups in total. The number of hydrogen-bond acceptors (Lipinski definition) is 5. The maximum atomic E-state index is 10.8. The van der Waals surface area contributed by atoms with Crippen molar-refractivity contribution in [1.82, 2.24) is 15.3 Å². The average Bonchev–Trinajstić information content (AvgIpc) is 3.19. The number of thiophene rings is 1. The van der Waals surface area contributed by atoms with E-state index in [0.717, 1.165) is 28.9 Å². The Hall–Kier alpha value is -2.67. The van der Waals surface area contributed by atoms with E-state index in [4.69, 9.17) is 15.7 Å². The smallest absolute Gasteiger partial charge is 0.312 e. The van der Waals surface area contributed by atoms with E-state index in [-0.39, 0.29) is 0 Å². The maximum absolute atomic E-state index is 10.8. The number of aromatic nitrogens is 2. The van der Waals surface area contributed by atoms with Crippen LogP contribution in [0.2, 0.25) is 0 Å². The number of carbonyl (C=O) groups excluding carboxylic acids is 1. The van der Waals surface area contributed by atoms with E-state index in [2.05, 4.69) is 41.8 Å². The van der Waals surface area contributed by atoms with Crippen LogP contribution in [0.4, 0.5) is 10.7 Å². The number of nitrogens with one attached hydrogen (secondary N) is 2. The van der Waals surface area contributed by atoms with Gasteiger partial charge < -0.3 is 16.4 Å². The first-order chi connectivity index (χ1) is 12.6. The van der Waals surface area contributed by atoms with Gasteiger partial charge in [-0.2, -0.15) is 0 Å². The van der Waals surface area contributed by atoms with Crippen molar-refractivity contribution in [3.63, 3.8) is 0 Å². The summed E-state index contributed by atoms with van der Waals surface area (Å²) in [5, 5.41) is 6.95. The summed E-state index contributed by atoms with van der Waals surface area (Å²) in [7, 11) is 0. The van der Waals surface area contributed by atoms with Gasteiger partial charge in [0.05, 0.1) is 5.69 Å². The lowest BCUT2D eigenvalue weighted by Crippen LogP contribution is -2.33. The normalized spacial score (nSPS) is 13.0. The van der Waals surface area contributed by atoms with Crippen molar-refractivity contribution in [3.8, 4) is 11.3 Å². The minimum absolute atomic E-state index is 0.428. The highest BCUT2D eigenvalue weighted by Crippen LogP contribution is 2.41. The number of nitrogens with zero attached hydrogens (tertiary/aromatic N) is 2. The first-order valence-corrected chi connectivity index (χ1v) is 9.60. The summed E-state index contributed by atoms with van der Waals surface area (Å²) in [5.74, 6) is 0.583. The zero-order chi connectivity index (χ0) is 18.1. The highest BCUT2D eigenvalue weighted by Gasteiger charge is 2.22. The van der Waals surface area contributed by atoms with Crippen LogP contribution in [0.1, 0.15) is 22.4 Å². The van der Waals surface area contributed by atoms with Gasteiger partial charge in [0.2, 0.25) is 5.95 Å². The number of nitrogens with two attached hydrogens (primary N) is 1. The average molecular weight is 367 g/mol. The summed E-state index contributed by atoms with van der Waals surface area (Å²) in [4.78, 5) is 22.8. The third kappa shape index (κ3) is 3.22. The molecule has 2 heterocycles. The molecule has 26 heavy (non-hydrogen) atoms. The van der Waals surface area contributed by atoms with E-state index in [1.807, 2.05) is 0 Å². The molecule has 6 nitrogen and oxygen atoms in total. The predicted octanol–water partition coefficient (Wildman–Crippen LogP) is 3.24. The molecule has 1 aromatic carbocycles. The number of carbonyl (C=O) groups is 1. The maximum Gasteiger partial charge on any atom is 0.312 e. The Morgan fingerprint density at radius 3 is 2.77 bits per heavy atom. The van der Waals surface area contributed by atoms with Gasteiger partial charge in [0.1, 0.15) is 4.83 Å². The minimum atomic E-state index is -0.529. The van der Waals surface area contributed by atoms with Crippen LogP contribution < -0.4 is 16.4 Å². The zero-order valence-corrected chi connectivity index (χ0v) is 15.4. The summed E-state index contributed by atoms with van der Waals surface area (Å²) in [6.45, 7) is 3.03. The Balaban J connectivity index is 1.73. The molecule has 2 amide bonds. The van der Waals surface area contributed by atoms with Crippen LogP contribution >= 0.6 is 11.3 Å². The van der Waals surface area contributed by atoms with Gasteiger partial charge in [-0.15, -0.1) is 11.3 Å². The lowest BCUT2D eigenvalue weighted by Gasteiger charge is -2.10. The van der Waals surface area contributed by atoms with Crippen LogP contribution in [0.25, 0.3) is 21.5 Å². The van der Waals surface area contributed by atoms with E-state index < -0.39 is 6.03 Å².